The molecule has 0 N–H and O–H groups in total. The number of hydrogen-bond donors (Lipinski definition) is 0. The van der Waals surface area contributed by atoms with Crippen LogP contribution in [0.4, 0.5) is 4.39 Å². The van der Waals surface area contributed by atoms with Gasteiger partial charge >= 0.3 is 0 Å². The zero-order chi connectivity index (χ0) is 17.9. The fourth-order valence-corrected chi connectivity index (χ4v) is 4.02. The molecular formula is C19H29FN2O3. The fourth-order valence-electron chi connectivity index (χ4n) is 4.02. The Morgan fingerprint density at radius 3 is 2.96 bits per heavy atom. The van der Waals surface area contributed by atoms with E-state index in [9.17, 15) is 4.39 Å². The van der Waals surface area contributed by atoms with Crippen molar-refractivity contribution < 1.29 is 18.6 Å². The van der Waals surface area contributed by atoms with Crippen LogP contribution in [0.5, 0.6) is 11.6 Å². The molecule has 5 nitrogen and oxygen atoms in total. The first-order valence-electron chi connectivity index (χ1n) is 9.26. The maximum atomic E-state index is 13.0. The van der Waals surface area contributed by atoms with Gasteiger partial charge in [0.25, 0.3) is 0 Å². The van der Waals surface area contributed by atoms with Crippen LogP contribution in [0.2, 0.25) is 0 Å². The lowest BCUT2D eigenvalue weighted by atomic mass is 9.95. The minimum absolute atomic E-state index is 0.181. The van der Waals surface area contributed by atoms with E-state index >= 15 is 0 Å². The highest BCUT2D eigenvalue weighted by Gasteiger charge is 2.49. The highest BCUT2D eigenvalue weighted by Crippen LogP contribution is 2.42. The Morgan fingerprint density at radius 2 is 2.20 bits per heavy atom. The summed E-state index contributed by atoms with van der Waals surface area (Å²) in [7, 11) is 0. The molecule has 2 aliphatic rings. The Bertz CT molecular complexity index is 569. The third kappa shape index (κ3) is 4.42. The van der Waals surface area contributed by atoms with Crippen LogP contribution in [-0.2, 0) is 4.74 Å². The topological polar surface area (TPSA) is 43.8 Å². The fraction of sp³-hybridized carbons (Fsp3) is 0.737. The van der Waals surface area contributed by atoms with Crippen molar-refractivity contribution in [3.63, 3.8) is 0 Å². The van der Waals surface area contributed by atoms with Gasteiger partial charge in [0, 0.05) is 30.8 Å². The molecule has 2 aliphatic heterocycles. The number of rotatable bonds is 8. The van der Waals surface area contributed by atoms with E-state index in [0.29, 0.717) is 24.3 Å². The maximum absolute atomic E-state index is 13.0. The van der Waals surface area contributed by atoms with Gasteiger partial charge in [-0.1, -0.05) is 0 Å². The van der Waals surface area contributed by atoms with Gasteiger partial charge in [-0.05, 0) is 52.1 Å². The molecule has 2 saturated heterocycles. The zero-order valence-corrected chi connectivity index (χ0v) is 15.4. The second kappa shape index (κ2) is 7.87. The first-order chi connectivity index (χ1) is 12.0. The zero-order valence-electron chi connectivity index (χ0n) is 15.4. The predicted molar refractivity (Wildman–Crippen MR) is 93.7 cm³/mol. The molecule has 140 valence electrons. The number of alkyl halides is 1. The monoisotopic (exact) mass is 352 g/mol. The molecule has 3 heterocycles. The van der Waals surface area contributed by atoms with Gasteiger partial charge in [-0.25, -0.2) is 9.37 Å². The summed E-state index contributed by atoms with van der Waals surface area (Å²) in [5.74, 6) is 0.917. The second-order valence-electron chi connectivity index (χ2n) is 7.38. The molecule has 0 amide bonds. The molecule has 0 spiro atoms. The summed E-state index contributed by atoms with van der Waals surface area (Å²) in [6, 6.07) is 3.65. The van der Waals surface area contributed by atoms with Gasteiger partial charge in [-0.15, -0.1) is 0 Å². The van der Waals surface area contributed by atoms with E-state index in [1.165, 1.54) is 19.8 Å². The standard InChI is InChI=1S/C19H29FN2O3/c1-14(2)24-13-19-7-4-10-22(19)16(5-8-19)12-23-18-11-17(6-9-21-18)25-15(3)20/h6,9,11,14-16H,4-5,7-8,10,12-13H2,1-3H3/t15?,16-,19-/m0/s1. The Hall–Kier alpha value is -1.40. The lowest BCUT2D eigenvalue weighted by Crippen LogP contribution is -2.47. The van der Waals surface area contributed by atoms with Crippen LogP contribution < -0.4 is 9.47 Å². The van der Waals surface area contributed by atoms with Crippen LogP contribution in [0.3, 0.4) is 0 Å². The van der Waals surface area contributed by atoms with Crippen molar-refractivity contribution in [2.24, 2.45) is 0 Å². The molecule has 1 aromatic rings. The third-order valence-electron chi connectivity index (χ3n) is 5.15. The number of pyridine rings is 1. The van der Waals surface area contributed by atoms with Crippen molar-refractivity contribution in [2.75, 3.05) is 19.8 Å². The summed E-state index contributed by atoms with van der Waals surface area (Å²) in [5.41, 5.74) is 0.181. The Labute approximate surface area is 149 Å². The van der Waals surface area contributed by atoms with E-state index in [1.807, 2.05) is 0 Å². The Kier molecular flexibility index (Phi) is 5.79. The first kappa shape index (κ1) is 18.4. The van der Waals surface area contributed by atoms with E-state index in [2.05, 4.69) is 23.7 Å². The number of nitrogens with zero attached hydrogens (tertiary/aromatic N) is 2. The molecule has 3 rings (SSSR count). The molecule has 3 atom stereocenters. The number of hydrogen-bond acceptors (Lipinski definition) is 5. The second-order valence-corrected chi connectivity index (χ2v) is 7.38. The molecule has 0 bridgehead atoms. The summed E-state index contributed by atoms with van der Waals surface area (Å²) in [6.07, 6.45) is 5.18. The lowest BCUT2D eigenvalue weighted by Gasteiger charge is -2.35. The number of ether oxygens (including phenoxy) is 3. The number of fused-ring (bicyclic) bond motifs is 1. The highest BCUT2D eigenvalue weighted by molar-refractivity contribution is 5.26. The normalized spacial score (nSPS) is 27.5. The van der Waals surface area contributed by atoms with Crippen LogP contribution >= 0.6 is 0 Å². The summed E-state index contributed by atoms with van der Waals surface area (Å²) in [4.78, 5) is 6.77. The van der Waals surface area contributed by atoms with E-state index in [1.54, 1.807) is 18.3 Å². The van der Waals surface area contributed by atoms with Crippen molar-refractivity contribution >= 4 is 0 Å². The average Bonchev–Trinajstić information content (AvgIpc) is 3.10. The van der Waals surface area contributed by atoms with Crippen molar-refractivity contribution in [1.29, 1.82) is 0 Å². The molecule has 2 fully saturated rings. The largest absolute Gasteiger partial charge is 0.476 e. The maximum Gasteiger partial charge on any atom is 0.235 e. The van der Waals surface area contributed by atoms with E-state index in [0.717, 1.165) is 26.0 Å². The van der Waals surface area contributed by atoms with Gasteiger partial charge in [0.15, 0.2) is 0 Å². The van der Waals surface area contributed by atoms with Crippen molar-refractivity contribution in [2.45, 2.75) is 70.5 Å². The van der Waals surface area contributed by atoms with Crippen molar-refractivity contribution in [3.05, 3.63) is 18.3 Å². The van der Waals surface area contributed by atoms with Gasteiger partial charge < -0.3 is 14.2 Å². The summed E-state index contributed by atoms with van der Waals surface area (Å²) >= 11 is 0. The summed E-state index contributed by atoms with van der Waals surface area (Å²) in [6.45, 7) is 8.02. The Morgan fingerprint density at radius 1 is 1.36 bits per heavy atom. The summed E-state index contributed by atoms with van der Waals surface area (Å²) in [5, 5.41) is 0. The van der Waals surface area contributed by atoms with Crippen LogP contribution in [0.25, 0.3) is 0 Å². The molecule has 1 aromatic heterocycles. The third-order valence-corrected chi connectivity index (χ3v) is 5.15. The summed E-state index contributed by atoms with van der Waals surface area (Å²) < 4.78 is 29.9. The number of halogens is 1. The van der Waals surface area contributed by atoms with Crippen LogP contribution in [-0.4, -0.2) is 53.7 Å². The Balaban J connectivity index is 1.57. The van der Waals surface area contributed by atoms with Crippen LogP contribution in [0.15, 0.2) is 18.3 Å². The average molecular weight is 352 g/mol. The minimum Gasteiger partial charge on any atom is -0.476 e. The minimum atomic E-state index is -1.35. The van der Waals surface area contributed by atoms with Gasteiger partial charge in [0.1, 0.15) is 12.4 Å². The SMILES string of the molecule is CC(C)OC[C@@]12CCCN1[C@H](COc1cc(OC(C)F)ccn1)CC2. The molecule has 1 unspecified atom stereocenters. The molecule has 6 heteroatoms. The molecule has 0 radical (unpaired) electrons. The van der Waals surface area contributed by atoms with Gasteiger partial charge in [-0.2, -0.15) is 0 Å². The van der Waals surface area contributed by atoms with Gasteiger partial charge in [0.05, 0.1) is 12.7 Å². The lowest BCUT2D eigenvalue weighted by molar-refractivity contribution is -0.00912. The molecule has 25 heavy (non-hydrogen) atoms. The van der Waals surface area contributed by atoms with E-state index in [-0.39, 0.29) is 11.6 Å². The molecule has 0 aromatic carbocycles. The van der Waals surface area contributed by atoms with Gasteiger partial charge in [0.2, 0.25) is 12.2 Å². The smallest absolute Gasteiger partial charge is 0.235 e. The quantitative estimate of drug-likeness (QED) is 0.715. The highest BCUT2D eigenvalue weighted by atomic mass is 19.1. The molecule has 0 saturated carbocycles. The molecular weight excluding hydrogens is 323 g/mol. The van der Waals surface area contributed by atoms with Crippen LogP contribution in [0, 0.1) is 0 Å². The molecule has 0 aliphatic carbocycles. The number of aromatic nitrogens is 1. The van der Waals surface area contributed by atoms with E-state index < -0.39 is 6.36 Å². The first-order valence-corrected chi connectivity index (χ1v) is 9.26. The van der Waals surface area contributed by atoms with Crippen molar-refractivity contribution in [3.8, 4) is 11.6 Å². The predicted octanol–water partition coefficient (Wildman–Crippen LogP) is 3.58. The van der Waals surface area contributed by atoms with E-state index in [4.69, 9.17) is 14.2 Å². The van der Waals surface area contributed by atoms with Crippen molar-refractivity contribution in [1.82, 2.24) is 9.88 Å². The van der Waals surface area contributed by atoms with Gasteiger partial charge in [-0.3, -0.25) is 4.90 Å². The van der Waals surface area contributed by atoms with Crippen LogP contribution in [0.1, 0.15) is 46.5 Å².